The van der Waals surface area contributed by atoms with Crippen molar-refractivity contribution >= 4 is 31.9 Å². The summed E-state index contributed by atoms with van der Waals surface area (Å²) in [5.74, 6) is -0.0859. The van der Waals surface area contributed by atoms with Gasteiger partial charge >= 0.3 is 12.2 Å². The fourth-order valence-electron chi connectivity index (χ4n) is 3.08. The Hall–Kier alpha value is -1.56. The molecule has 0 aromatic carbocycles. The molecule has 10 nitrogen and oxygen atoms in total. The number of alkyl carbamates (subject to hydrolysis) is 2. The Morgan fingerprint density at radius 2 is 1.11 bits per heavy atom. The average Bonchev–Trinajstić information content (AvgIpc) is 3.10. The van der Waals surface area contributed by atoms with E-state index in [1.54, 1.807) is 0 Å². The highest BCUT2D eigenvalue weighted by Crippen LogP contribution is 2.15. The van der Waals surface area contributed by atoms with Crippen LogP contribution in [0.1, 0.15) is 38.5 Å². The van der Waals surface area contributed by atoms with E-state index in [0.29, 0.717) is 25.9 Å². The predicted octanol–water partition coefficient (Wildman–Crippen LogP) is 0.373. The fourth-order valence-corrected chi connectivity index (χ4v) is 6.26. The monoisotopic (exact) mass is 440 g/mol. The summed E-state index contributed by atoms with van der Waals surface area (Å²) in [6, 6.07) is 0. The molecule has 0 aromatic heterocycles. The van der Waals surface area contributed by atoms with Crippen LogP contribution in [-0.4, -0.2) is 77.3 Å². The first-order chi connectivity index (χ1) is 13.2. The lowest BCUT2D eigenvalue weighted by atomic mass is 10.2. The van der Waals surface area contributed by atoms with Crippen LogP contribution in [0.25, 0.3) is 0 Å². The Balaban J connectivity index is 1.41. The van der Waals surface area contributed by atoms with Crippen molar-refractivity contribution in [3.63, 3.8) is 0 Å². The van der Waals surface area contributed by atoms with Crippen LogP contribution in [0, 0.1) is 0 Å². The van der Waals surface area contributed by atoms with Crippen molar-refractivity contribution in [3.8, 4) is 0 Å². The van der Waals surface area contributed by atoms with E-state index in [-0.39, 0.29) is 23.0 Å². The van der Waals surface area contributed by atoms with Gasteiger partial charge in [0.1, 0.15) is 12.2 Å². The standard InChI is InChI=1S/C16H28N2O8S2/c19-15(25-13-5-9-27(21,22)11-13)17-7-3-1-2-4-8-18-16(20)26-14-6-10-28(23,24)12-14/h13-14H,1-12H2,(H,17,19)(H,18,20)/t13-,14-/m0/s1. The van der Waals surface area contributed by atoms with Gasteiger partial charge < -0.3 is 20.1 Å². The van der Waals surface area contributed by atoms with Crippen LogP contribution in [0.3, 0.4) is 0 Å². The number of hydrogen-bond donors (Lipinski definition) is 2. The van der Waals surface area contributed by atoms with Crippen molar-refractivity contribution in [2.45, 2.75) is 50.7 Å². The van der Waals surface area contributed by atoms with E-state index in [1.807, 2.05) is 0 Å². The first kappa shape index (κ1) is 22.7. The van der Waals surface area contributed by atoms with E-state index in [0.717, 1.165) is 25.7 Å². The molecule has 0 bridgehead atoms. The smallest absolute Gasteiger partial charge is 0.407 e. The number of amides is 2. The molecular weight excluding hydrogens is 412 g/mol. The topological polar surface area (TPSA) is 145 Å². The zero-order valence-electron chi connectivity index (χ0n) is 15.7. The van der Waals surface area contributed by atoms with E-state index in [4.69, 9.17) is 9.47 Å². The number of carbonyl (C=O) groups excluding carboxylic acids is 2. The molecule has 0 spiro atoms. The third-order valence-corrected chi connectivity index (χ3v) is 8.05. The highest BCUT2D eigenvalue weighted by atomic mass is 32.2. The third kappa shape index (κ3) is 8.63. The number of sulfone groups is 2. The van der Waals surface area contributed by atoms with Crippen LogP contribution in [0.4, 0.5) is 9.59 Å². The van der Waals surface area contributed by atoms with E-state index < -0.39 is 44.1 Å². The lowest BCUT2D eigenvalue weighted by Crippen LogP contribution is -2.30. The van der Waals surface area contributed by atoms with Gasteiger partial charge in [-0.3, -0.25) is 0 Å². The Morgan fingerprint density at radius 1 is 0.714 bits per heavy atom. The van der Waals surface area contributed by atoms with Gasteiger partial charge in [0.2, 0.25) is 0 Å². The van der Waals surface area contributed by atoms with Crippen LogP contribution in [-0.2, 0) is 29.1 Å². The molecule has 0 radical (unpaired) electrons. The molecule has 2 aliphatic rings. The summed E-state index contributed by atoms with van der Waals surface area (Å²) in [7, 11) is -6.14. The molecule has 0 aromatic rings. The van der Waals surface area contributed by atoms with E-state index in [2.05, 4.69) is 10.6 Å². The summed E-state index contributed by atoms with van der Waals surface area (Å²) >= 11 is 0. The molecule has 0 saturated carbocycles. The van der Waals surface area contributed by atoms with Crippen LogP contribution in [0.5, 0.6) is 0 Å². The highest BCUT2D eigenvalue weighted by molar-refractivity contribution is 7.91. The zero-order valence-corrected chi connectivity index (χ0v) is 17.4. The van der Waals surface area contributed by atoms with Gasteiger partial charge in [0.15, 0.2) is 19.7 Å². The first-order valence-electron chi connectivity index (χ1n) is 9.45. The molecule has 0 unspecified atom stereocenters. The van der Waals surface area contributed by atoms with Crippen LogP contribution >= 0.6 is 0 Å². The maximum atomic E-state index is 11.6. The average molecular weight is 441 g/mol. The van der Waals surface area contributed by atoms with Crippen LogP contribution < -0.4 is 10.6 Å². The number of carbonyl (C=O) groups is 2. The molecule has 2 atom stereocenters. The number of ether oxygens (including phenoxy) is 2. The second-order valence-electron chi connectivity index (χ2n) is 7.13. The molecule has 2 amide bonds. The first-order valence-corrected chi connectivity index (χ1v) is 13.1. The molecule has 2 aliphatic heterocycles. The molecule has 2 heterocycles. The normalized spacial score (nSPS) is 25.1. The minimum Gasteiger partial charge on any atom is -0.445 e. The van der Waals surface area contributed by atoms with Crippen molar-refractivity contribution in [2.24, 2.45) is 0 Å². The summed E-state index contributed by atoms with van der Waals surface area (Å²) in [5, 5.41) is 5.20. The van der Waals surface area contributed by atoms with Gasteiger partial charge in [0, 0.05) is 13.1 Å². The van der Waals surface area contributed by atoms with Gasteiger partial charge in [-0.2, -0.15) is 0 Å². The summed E-state index contributed by atoms with van der Waals surface area (Å²) in [5.41, 5.74) is 0. The Bertz CT molecular complexity index is 687. The van der Waals surface area contributed by atoms with Gasteiger partial charge in [0.05, 0.1) is 23.0 Å². The second-order valence-corrected chi connectivity index (χ2v) is 11.6. The number of nitrogens with one attached hydrogen (secondary N) is 2. The molecule has 12 heteroatoms. The van der Waals surface area contributed by atoms with Crippen LogP contribution in [0.15, 0.2) is 0 Å². The number of unbranched alkanes of at least 4 members (excludes halogenated alkanes) is 3. The molecule has 2 rings (SSSR count). The number of hydrogen-bond acceptors (Lipinski definition) is 8. The van der Waals surface area contributed by atoms with E-state index in [9.17, 15) is 26.4 Å². The Kier molecular flexibility index (Phi) is 8.35. The molecule has 162 valence electrons. The summed E-state index contributed by atoms with van der Waals surface area (Å²) in [6.07, 6.45) is 1.56. The molecular formula is C16H28N2O8S2. The van der Waals surface area contributed by atoms with Crippen LogP contribution in [0.2, 0.25) is 0 Å². The molecule has 2 N–H and O–H groups in total. The SMILES string of the molecule is O=C(NCCCCCCNC(=O)O[C@H]1CCS(=O)(=O)C1)O[C@H]1CCS(=O)(=O)C1. The van der Waals surface area contributed by atoms with Gasteiger partial charge in [-0.15, -0.1) is 0 Å². The van der Waals surface area contributed by atoms with Gasteiger partial charge in [-0.05, 0) is 25.7 Å². The van der Waals surface area contributed by atoms with Crippen molar-refractivity contribution in [1.29, 1.82) is 0 Å². The van der Waals surface area contributed by atoms with Crippen molar-refractivity contribution in [1.82, 2.24) is 10.6 Å². The maximum Gasteiger partial charge on any atom is 0.407 e. The van der Waals surface area contributed by atoms with Crippen molar-refractivity contribution in [2.75, 3.05) is 36.1 Å². The number of rotatable bonds is 9. The van der Waals surface area contributed by atoms with Crippen molar-refractivity contribution in [3.05, 3.63) is 0 Å². The zero-order chi connectivity index (χ0) is 20.6. The second kappa shape index (κ2) is 10.3. The maximum absolute atomic E-state index is 11.6. The lowest BCUT2D eigenvalue weighted by Gasteiger charge is -2.12. The Morgan fingerprint density at radius 3 is 1.43 bits per heavy atom. The van der Waals surface area contributed by atoms with Gasteiger partial charge in [-0.25, -0.2) is 26.4 Å². The summed E-state index contributed by atoms with van der Waals surface area (Å²) < 4.78 is 55.3. The predicted molar refractivity (Wildman–Crippen MR) is 102 cm³/mol. The largest absolute Gasteiger partial charge is 0.445 e. The summed E-state index contributed by atoms with van der Waals surface area (Å²) in [4.78, 5) is 23.2. The van der Waals surface area contributed by atoms with E-state index in [1.165, 1.54) is 0 Å². The Labute approximate surface area is 165 Å². The van der Waals surface area contributed by atoms with Crippen molar-refractivity contribution < 1.29 is 35.9 Å². The minimum absolute atomic E-state index is 0.0618. The molecule has 2 saturated heterocycles. The highest BCUT2D eigenvalue weighted by Gasteiger charge is 2.31. The van der Waals surface area contributed by atoms with Gasteiger partial charge in [-0.1, -0.05) is 12.8 Å². The minimum atomic E-state index is -3.07. The quantitative estimate of drug-likeness (QED) is 0.489. The molecule has 2 fully saturated rings. The lowest BCUT2D eigenvalue weighted by molar-refractivity contribution is 0.109. The molecule has 28 heavy (non-hydrogen) atoms. The fraction of sp³-hybridized carbons (Fsp3) is 0.875. The molecule has 0 aliphatic carbocycles. The third-order valence-electron chi connectivity index (χ3n) is 4.57. The van der Waals surface area contributed by atoms with Gasteiger partial charge in [0.25, 0.3) is 0 Å². The summed E-state index contributed by atoms with van der Waals surface area (Å²) in [6.45, 7) is 0.869. The van der Waals surface area contributed by atoms with E-state index >= 15 is 0 Å².